The summed E-state index contributed by atoms with van der Waals surface area (Å²) in [7, 11) is 5.58. The summed E-state index contributed by atoms with van der Waals surface area (Å²) >= 11 is 1.76. The smallest absolute Gasteiger partial charge is 0.193 e. The zero-order valence-corrected chi connectivity index (χ0v) is 17.5. The van der Waals surface area contributed by atoms with E-state index in [1.165, 1.54) is 16.0 Å². The first kappa shape index (κ1) is 21.1. The molecular formula is C21H30N4OS. The van der Waals surface area contributed by atoms with Gasteiger partial charge >= 0.3 is 0 Å². The van der Waals surface area contributed by atoms with E-state index < -0.39 is 0 Å². The third kappa shape index (κ3) is 7.15. The van der Waals surface area contributed by atoms with Gasteiger partial charge in [-0.1, -0.05) is 24.3 Å². The summed E-state index contributed by atoms with van der Waals surface area (Å²) in [6.07, 6.45) is 2.09. The quantitative estimate of drug-likeness (QED) is 0.298. The fourth-order valence-electron chi connectivity index (χ4n) is 2.68. The summed E-state index contributed by atoms with van der Waals surface area (Å²) in [4.78, 5) is 7.82. The number of anilines is 1. The van der Waals surface area contributed by atoms with Crippen LogP contribution in [0.3, 0.4) is 0 Å². The van der Waals surface area contributed by atoms with Gasteiger partial charge < -0.3 is 20.3 Å². The zero-order valence-electron chi connectivity index (χ0n) is 16.7. The number of thioether (sulfide) groups is 1. The van der Waals surface area contributed by atoms with Gasteiger partial charge in [-0.05, 0) is 41.6 Å². The van der Waals surface area contributed by atoms with Crippen molar-refractivity contribution < 1.29 is 4.74 Å². The number of nitrogens with one attached hydrogen (secondary N) is 2. The average molecular weight is 387 g/mol. The molecule has 0 heterocycles. The summed E-state index contributed by atoms with van der Waals surface area (Å²) in [5.41, 5.74) is 3.59. The van der Waals surface area contributed by atoms with Crippen LogP contribution in [0.1, 0.15) is 11.1 Å². The maximum atomic E-state index is 5.05. The van der Waals surface area contributed by atoms with Crippen LogP contribution in [0.15, 0.2) is 58.4 Å². The molecule has 0 saturated heterocycles. The van der Waals surface area contributed by atoms with E-state index in [0.717, 1.165) is 31.3 Å². The molecule has 0 radical (unpaired) electrons. The first-order chi connectivity index (χ1) is 13.2. The van der Waals surface area contributed by atoms with Crippen LogP contribution in [0, 0.1) is 0 Å². The van der Waals surface area contributed by atoms with Crippen molar-refractivity contribution in [2.75, 3.05) is 45.9 Å². The Hall–Kier alpha value is -2.18. The molecule has 6 heteroatoms. The van der Waals surface area contributed by atoms with Gasteiger partial charge in [-0.2, -0.15) is 0 Å². The van der Waals surface area contributed by atoms with Crippen molar-refractivity contribution in [3.8, 4) is 0 Å². The topological polar surface area (TPSA) is 48.9 Å². The van der Waals surface area contributed by atoms with Gasteiger partial charge in [0.2, 0.25) is 0 Å². The molecule has 2 aromatic carbocycles. The number of rotatable bonds is 9. The molecule has 0 spiro atoms. The standard InChI is InChI=1S/C21H30N4OS/c1-22-21(25(2)16-18-7-11-20(27-4)12-8-18)24-15-17-5-9-19(10-6-17)23-13-14-26-3/h5-12,23H,13-16H2,1-4H3,(H,22,24). The molecular weight excluding hydrogens is 356 g/mol. The lowest BCUT2D eigenvalue weighted by atomic mass is 10.2. The van der Waals surface area contributed by atoms with Gasteiger partial charge in [0.05, 0.1) is 6.61 Å². The molecule has 0 aromatic heterocycles. The Balaban J connectivity index is 1.84. The van der Waals surface area contributed by atoms with Crippen LogP contribution in [0.25, 0.3) is 0 Å². The van der Waals surface area contributed by atoms with E-state index in [1.54, 1.807) is 18.9 Å². The minimum Gasteiger partial charge on any atom is -0.383 e. The molecule has 27 heavy (non-hydrogen) atoms. The van der Waals surface area contributed by atoms with E-state index in [4.69, 9.17) is 4.74 Å². The predicted octanol–water partition coefficient (Wildman–Crippen LogP) is 3.67. The Morgan fingerprint density at radius 3 is 2.33 bits per heavy atom. The lowest BCUT2D eigenvalue weighted by Gasteiger charge is -2.22. The molecule has 0 saturated carbocycles. The second-order valence-electron chi connectivity index (χ2n) is 6.22. The Bertz CT molecular complexity index is 701. The molecule has 0 unspecified atom stereocenters. The van der Waals surface area contributed by atoms with Crippen molar-refractivity contribution >= 4 is 23.4 Å². The van der Waals surface area contributed by atoms with E-state index >= 15 is 0 Å². The van der Waals surface area contributed by atoms with Crippen molar-refractivity contribution in [1.29, 1.82) is 0 Å². The van der Waals surface area contributed by atoms with Crippen molar-refractivity contribution in [2.45, 2.75) is 18.0 Å². The summed E-state index contributed by atoms with van der Waals surface area (Å²) in [6.45, 7) is 3.06. The number of hydrogen-bond donors (Lipinski definition) is 2. The first-order valence-corrected chi connectivity index (χ1v) is 10.2. The fraction of sp³-hybridized carbons (Fsp3) is 0.381. The van der Waals surface area contributed by atoms with Crippen LogP contribution in [0.2, 0.25) is 0 Å². The van der Waals surface area contributed by atoms with Gasteiger partial charge in [-0.25, -0.2) is 0 Å². The zero-order chi connectivity index (χ0) is 19.5. The highest BCUT2D eigenvalue weighted by Crippen LogP contribution is 2.15. The molecule has 0 atom stereocenters. The number of ether oxygens (including phenoxy) is 1. The molecule has 0 aliphatic carbocycles. The highest BCUT2D eigenvalue weighted by Gasteiger charge is 2.07. The third-order valence-corrected chi connectivity index (χ3v) is 4.94. The minimum atomic E-state index is 0.700. The van der Waals surface area contributed by atoms with Gasteiger partial charge in [0, 0.05) is 51.4 Å². The highest BCUT2D eigenvalue weighted by atomic mass is 32.2. The van der Waals surface area contributed by atoms with Crippen molar-refractivity contribution in [2.24, 2.45) is 4.99 Å². The molecule has 0 aliphatic heterocycles. The number of guanidine groups is 1. The molecule has 2 N–H and O–H groups in total. The monoisotopic (exact) mass is 386 g/mol. The second-order valence-corrected chi connectivity index (χ2v) is 7.10. The molecule has 2 aromatic rings. The summed E-state index contributed by atoms with van der Waals surface area (Å²) < 4.78 is 5.05. The summed E-state index contributed by atoms with van der Waals surface area (Å²) in [5.74, 6) is 0.881. The van der Waals surface area contributed by atoms with E-state index in [9.17, 15) is 0 Å². The average Bonchev–Trinajstić information content (AvgIpc) is 2.70. The largest absolute Gasteiger partial charge is 0.383 e. The molecule has 0 fully saturated rings. The number of aliphatic imine (C=N–C) groups is 1. The van der Waals surface area contributed by atoms with Crippen molar-refractivity contribution in [3.63, 3.8) is 0 Å². The van der Waals surface area contributed by atoms with E-state index in [0.29, 0.717) is 6.61 Å². The molecule has 0 aliphatic rings. The SMILES string of the molecule is CN=C(NCc1ccc(NCCOC)cc1)N(C)Cc1ccc(SC)cc1. The van der Waals surface area contributed by atoms with Gasteiger partial charge in [-0.15, -0.1) is 11.8 Å². The Kier molecular flexibility index (Phi) is 9.01. The van der Waals surface area contributed by atoms with Crippen molar-refractivity contribution in [1.82, 2.24) is 10.2 Å². The third-order valence-electron chi connectivity index (χ3n) is 4.19. The fourth-order valence-corrected chi connectivity index (χ4v) is 3.09. The molecule has 146 valence electrons. The maximum absolute atomic E-state index is 5.05. The van der Waals surface area contributed by atoms with Crippen LogP contribution >= 0.6 is 11.8 Å². The van der Waals surface area contributed by atoms with E-state index in [1.807, 2.05) is 7.05 Å². The lowest BCUT2D eigenvalue weighted by molar-refractivity contribution is 0.211. The molecule has 0 bridgehead atoms. The Morgan fingerprint density at radius 1 is 1.07 bits per heavy atom. The minimum absolute atomic E-state index is 0.700. The normalized spacial score (nSPS) is 11.3. The van der Waals surface area contributed by atoms with Gasteiger partial charge in [0.25, 0.3) is 0 Å². The predicted molar refractivity (Wildman–Crippen MR) is 117 cm³/mol. The van der Waals surface area contributed by atoms with Gasteiger partial charge in [0.15, 0.2) is 5.96 Å². The number of methoxy groups -OCH3 is 1. The van der Waals surface area contributed by atoms with Crippen LogP contribution in [-0.2, 0) is 17.8 Å². The molecule has 0 amide bonds. The Labute approximate surface area is 167 Å². The first-order valence-electron chi connectivity index (χ1n) is 9.02. The molecule has 5 nitrogen and oxygen atoms in total. The van der Waals surface area contributed by atoms with E-state index in [2.05, 4.69) is 82.4 Å². The van der Waals surface area contributed by atoms with Crippen LogP contribution in [-0.4, -0.2) is 51.5 Å². The maximum Gasteiger partial charge on any atom is 0.193 e. The number of hydrogen-bond acceptors (Lipinski definition) is 4. The molecule has 2 rings (SSSR count). The second kappa shape index (κ2) is 11.5. The lowest BCUT2D eigenvalue weighted by Crippen LogP contribution is -2.38. The summed E-state index contributed by atoms with van der Waals surface area (Å²) in [6, 6.07) is 17.1. The van der Waals surface area contributed by atoms with Gasteiger partial charge in [0.1, 0.15) is 0 Å². The number of nitrogens with zero attached hydrogens (tertiary/aromatic N) is 2. The number of benzene rings is 2. The summed E-state index contributed by atoms with van der Waals surface area (Å²) in [5, 5.41) is 6.76. The van der Waals surface area contributed by atoms with Crippen LogP contribution < -0.4 is 10.6 Å². The van der Waals surface area contributed by atoms with Crippen LogP contribution in [0.4, 0.5) is 5.69 Å². The van der Waals surface area contributed by atoms with Gasteiger partial charge in [-0.3, -0.25) is 4.99 Å². The van der Waals surface area contributed by atoms with Crippen molar-refractivity contribution in [3.05, 3.63) is 59.7 Å². The van der Waals surface area contributed by atoms with E-state index in [-0.39, 0.29) is 0 Å². The van der Waals surface area contributed by atoms with Crippen LogP contribution in [0.5, 0.6) is 0 Å². The Morgan fingerprint density at radius 2 is 1.74 bits per heavy atom. The highest BCUT2D eigenvalue weighted by molar-refractivity contribution is 7.98.